The van der Waals surface area contributed by atoms with Gasteiger partial charge >= 0.3 is 0 Å². The van der Waals surface area contributed by atoms with Crippen LogP contribution in [-0.2, 0) is 11.2 Å². The van der Waals surface area contributed by atoms with Crippen LogP contribution in [0.3, 0.4) is 0 Å². The number of carbonyl (C=O) groups is 1. The number of aromatic nitrogens is 2. The van der Waals surface area contributed by atoms with Crippen molar-refractivity contribution in [2.45, 2.75) is 12.8 Å². The molecule has 1 amide bonds. The second-order valence-corrected chi connectivity index (χ2v) is 4.84. The highest BCUT2D eigenvalue weighted by Crippen LogP contribution is 2.30. The van der Waals surface area contributed by atoms with Gasteiger partial charge in [0.25, 0.3) is 0 Å². The first-order chi connectivity index (χ1) is 11.4. The first-order valence-electron chi connectivity index (χ1n) is 7.00. The third kappa shape index (κ3) is 3.94. The van der Waals surface area contributed by atoms with Gasteiger partial charge in [0.05, 0.1) is 14.2 Å². The summed E-state index contributed by atoms with van der Waals surface area (Å²) in [5.74, 6) is -0.756. The molecule has 0 aliphatic heterocycles. The third-order valence-electron chi connectivity index (χ3n) is 3.24. The Kier molecular flexibility index (Phi) is 5.25. The molecular weight excluding hydrogens is 316 g/mol. The molecule has 2 aromatic rings. The SMILES string of the molecule is COc1ccc(CCC(=O)Nc2c(O)nc(N)nc2O)cc1OC. The fraction of sp³-hybridized carbons (Fsp3) is 0.267. The van der Waals surface area contributed by atoms with Gasteiger partial charge in [0.2, 0.25) is 23.6 Å². The molecule has 0 radical (unpaired) electrons. The van der Waals surface area contributed by atoms with Crippen molar-refractivity contribution in [3.8, 4) is 23.3 Å². The summed E-state index contributed by atoms with van der Waals surface area (Å²) in [6.45, 7) is 0. The summed E-state index contributed by atoms with van der Waals surface area (Å²) in [6, 6.07) is 5.33. The Hall–Kier alpha value is -3.23. The number of hydrogen-bond donors (Lipinski definition) is 4. The number of aryl methyl sites for hydroxylation is 1. The Morgan fingerprint density at radius 1 is 1.17 bits per heavy atom. The topological polar surface area (TPSA) is 140 Å². The Morgan fingerprint density at radius 2 is 1.79 bits per heavy atom. The number of benzene rings is 1. The van der Waals surface area contributed by atoms with Crippen LogP contribution in [0, 0.1) is 0 Å². The Bertz CT molecular complexity index is 728. The van der Waals surface area contributed by atoms with E-state index in [0.717, 1.165) is 5.56 Å². The van der Waals surface area contributed by atoms with Gasteiger partial charge in [-0.1, -0.05) is 6.07 Å². The van der Waals surface area contributed by atoms with Gasteiger partial charge in [-0.3, -0.25) is 4.79 Å². The Morgan fingerprint density at radius 3 is 2.38 bits per heavy atom. The molecule has 128 valence electrons. The molecule has 0 bridgehead atoms. The minimum atomic E-state index is -0.598. The second-order valence-electron chi connectivity index (χ2n) is 4.84. The largest absolute Gasteiger partial charge is 0.493 e. The van der Waals surface area contributed by atoms with Gasteiger partial charge in [0.15, 0.2) is 17.2 Å². The van der Waals surface area contributed by atoms with Gasteiger partial charge in [0, 0.05) is 6.42 Å². The highest BCUT2D eigenvalue weighted by molar-refractivity contribution is 5.93. The lowest BCUT2D eigenvalue weighted by Gasteiger charge is -2.10. The zero-order valence-corrected chi connectivity index (χ0v) is 13.2. The minimum absolute atomic E-state index is 0.110. The molecule has 0 atom stereocenters. The monoisotopic (exact) mass is 334 g/mol. The van der Waals surface area contributed by atoms with E-state index in [-0.39, 0.29) is 18.1 Å². The van der Waals surface area contributed by atoms with Gasteiger partial charge in [-0.25, -0.2) is 0 Å². The van der Waals surface area contributed by atoms with Crippen LogP contribution < -0.4 is 20.5 Å². The third-order valence-corrected chi connectivity index (χ3v) is 3.24. The summed E-state index contributed by atoms with van der Waals surface area (Å²) >= 11 is 0. The van der Waals surface area contributed by atoms with Crippen molar-refractivity contribution in [3.63, 3.8) is 0 Å². The van der Waals surface area contributed by atoms with E-state index < -0.39 is 17.7 Å². The average Bonchev–Trinajstić information content (AvgIpc) is 2.55. The van der Waals surface area contributed by atoms with E-state index in [9.17, 15) is 15.0 Å². The number of carbonyl (C=O) groups excluding carboxylic acids is 1. The zero-order chi connectivity index (χ0) is 17.7. The number of nitrogen functional groups attached to an aromatic ring is 1. The molecule has 1 aromatic heterocycles. The van der Waals surface area contributed by atoms with E-state index in [1.807, 2.05) is 6.07 Å². The van der Waals surface area contributed by atoms with Crippen LogP contribution in [0.2, 0.25) is 0 Å². The quantitative estimate of drug-likeness (QED) is 0.615. The van der Waals surface area contributed by atoms with Crippen molar-refractivity contribution >= 4 is 17.5 Å². The number of amides is 1. The summed E-state index contributed by atoms with van der Waals surface area (Å²) in [6.07, 6.45) is 0.530. The number of aromatic hydroxyl groups is 2. The number of nitrogens with zero attached hydrogens (tertiary/aromatic N) is 2. The van der Waals surface area contributed by atoms with Crippen LogP contribution in [-0.4, -0.2) is 40.3 Å². The normalized spacial score (nSPS) is 10.2. The standard InChI is InChI=1S/C15H18N4O5/c1-23-9-5-3-8(7-10(9)24-2)4-6-11(20)17-12-13(21)18-15(16)19-14(12)22/h3,5,7H,4,6H2,1-2H3,(H,17,20)(H4,16,18,19,21,22). The van der Waals surface area contributed by atoms with E-state index in [1.165, 1.54) is 7.11 Å². The number of anilines is 2. The van der Waals surface area contributed by atoms with Crippen molar-refractivity contribution in [3.05, 3.63) is 23.8 Å². The fourth-order valence-electron chi connectivity index (χ4n) is 2.06. The lowest BCUT2D eigenvalue weighted by Crippen LogP contribution is -2.13. The average molecular weight is 334 g/mol. The summed E-state index contributed by atoms with van der Waals surface area (Å²) < 4.78 is 10.3. The smallest absolute Gasteiger partial charge is 0.244 e. The number of rotatable bonds is 6. The summed E-state index contributed by atoms with van der Waals surface area (Å²) in [5.41, 5.74) is 5.86. The molecule has 0 fully saturated rings. The molecule has 1 aromatic carbocycles. The van der Waals surface area contributed by atoms with E-state index in [1.54, 1.807) is 19.2 Å². The zero-order valence-electron chi connectivity index (χ0n) is 13.2. The van der Waals surface area contributed by atoms with Crippen LogP contribution in [0.25, 0.3) is 0 Å². The van der Waals surface area contributed by atoms with Crippen molar-refractivity contribution in [1.29, 1.82) is 0 Å². The molecule has 5 N–H and O–H groups in total. The number of methoxy groups -OCH3 is 2. The maximum Gasteiger partial charge on any atom is 0.244 e. The van der Waals surface area contributed by atoms with Gasteiger partial charge < -0.3 is 30.7 Å². The van der Waals surface area contributed by atoms with Crippen molar-refractivity contribution < 1.29 is 24.5 Å². The van der Waals surface area contributed by atoms with Crippen LogP contribution in [0.5, 0.6) is 23.3 Å². The Labute approximate surface area is 138 Å². The van der Waals surface area contributed by atoms with E-state index in [0.29, 0.717) is 17.9 Å². The number of hydrogen-bond acceptors (Lipinski definition) is 8. The molecule has 1 heterocycles. The number of nitrogens with one attached hydrogen (secondary N) is 1. The first-order valence-corrected chi connectivity index (χ1v) is 7.00. The fourth-order valence-corrected chi connectivity index (χ4v) is 2.06. The van der Waals surface area contributed by atoms with E-state index >= 15 is 0 Å². The highest BCUT2D eigenvalue weighted by Gasteiger charge is 2.15. The van der Waals surface area contributed by atoms with E-state index in [4.69, 9.17) is 15.2 Å². The predicted molar refractivity (Wildman–Crippen MR) is 86.3 cm³/mol. The number of ether oxygens (including phenoxy) is 2. The predicted octanol–water partition coefficient (Wildman–Crippen LogP) is 1.06. The Balaban J connectivity index is 2.01. The molecule has 9 heteroatoms. The van der Waals surface area contributed by atoms with E-state index in [2.05, 4.69) is 15.3 Å². The molecular formula is C15H18N4O5. The summed E-state index contributed by atoms with van der Waals surface area (Å²) in [7, 11) is 3.07. The summed E-state index contributed by atoms with van der Waals surface area (Å²) in [5, 5.41) is 21.5. The molecule has 0 spiro atoms. The van der Waals surface area contributed by atoms with Crippen molar-refractivity contribution in [2.24, 2.45) is 0 Å². The molecule has 0 aliphatic carbocycles. The minimum Gasteiger partial charge on any atom is -0.493 e. The number of nitrogens with two attached hydrogens (primary N) is 1. The van der Waals surface area contributed by atoms with Crippen LogP contribution in [0.4, 0.5) is 11.6 Å². The van der Waals surface area contributed by atoms with Gasteiger partial charge in [-0.2, -0.15) is 9.97 Å². The van der Waals surface area contributed by atoms with Crippen LogP contribution in [0.15, 0.2) is 18.2 Å². The van der Waals surface area contributed by atoms with Crippen molar-refractivity contribution in [2.75, 3.05) is 25.3 Å². The van der Waals surface area contributed by atoms with Crippen LogP contribution in [0.1, 0.15) is 12.0 Å². The molecule has 0 saturated carbocycles. The lowest BCUT2D eigenvalue weighted by atomic mass is 10.1. The lowest BCUT2D eigenvalue weighted by molar-refractivity contribution is -0.116. The second kappa shape index (κ2) is 7.36. The van der Waals surface area contributed by atoms with Gasteiger partial charge in [0.1, 0.15) is 0 Å². The van der Waals surface area contributed by atoms with Crippen molar-refractivity contribution in [1.82, 2.24) is 9.97 Å². The summed E-state index contributed by atoms with van der Waals surface area (Å²) in [4.78, 5) is 18.9. The molecule has 0 saturated heterocycles. The van der Waals surface area contributed by atoms with Gasteiger partial charge in [-0.05, 0) is 24.1 Å². The van der Waals surface area contributed by atoms with Gasteiger partial charge in [-0.15, -0.1) is 0 Å². The molecule has 0 aliphatic rings. The van der Waals surface area contributed by atoms with Crippen LogP contribution >= 0.6 is 0 Å². The molecule has 2 rings (SSSR count). The maximum atomic E-state index is 12.0. The molecule has 24 heavy (non-hydrogen) atoms. The molecule has 9 nitrogen and oxygen atoms in total. The molecule has 0 unspecified atom stereocenters. The highest BCUT2D eigenvalue weighted by atomic mass is 16.5. The first kappa shape index (κ1) is 17.1. The maximum absolute atomic E-state index is 12.0.